The average molecular weight is 416 g/mol. The molecule has 0 radical (unpaired) electrons. The molecule has 2 aromatic rings. The van der Waals surface area contributed by atoms with Crippen molar-refractivity contribution in [3.8, 4) is 6.07 Å². The first-order valence-electron chi connectivity index (χ1n) is 10.4. The van der Waals surface area contributed by atoms with Crippen LogP contribution in [0, 0.1) is 36.4 Å². The maximum atomic E-state index is 14.1. The van der Waals surface area contributed by atoms with Gasteiger partial charge >= 0.3 is 0 Å². The van der Waals surface area contributed by atoms with E-state index in [1.54, 1.807) is 17.0 Å². The molecule has 1 unspecified atom stereocenters. The highest BCUT2D eigenvalue weighted by Gasteiger charge is 2.45. The van der Waals surface area contributed by atoms with Crippen LogP contribution in [0.3, 0.4) is 0 Å². The summed E-state index contributed by atoms with van der Waals surface area (Å²) in [5.74, 6) is -0.655. The molecule has 0 spiro atoms. The Morgan fingerprint density at radius 1 is 1.16 bits per heavy atom. The number of aryl methyl sites for hydroxylation is 2. The van der Waals surface area contributed by atoms with Crippen LogP contribution in [0.5, 0.6) is 0 Å². The molecule has 5 heteroatoms. The standard InChI is InChI=1S/C26H26FN3O/c1-15-8-9-19(16(2)10-15)23-20(14-28)25(29)30(18-7-5-6-17(27)11-18)21-12-26(3,4)13-22(31)24(21)23/h5-11,23H,12-13,29H2,1-4H3. The number of hydrogen-bond donors (Lipinski definition) is 1. The Hall–Kier alpha value is -3.39. The third-order valence-corrected chi connectivity index (χ3v) is 6.18. The number of allylic oxidation sites excluding steroid dienone is 3. The lowest BCUT2D eigenvalue weighted by Crippen LogP contribution is -2.42. The van der Waals surface area contributed by atoms with Gasteiger partial charge in [0, 0.05) is 17.7 Å². The summed E-state index contributed by atoms with van der Waals surface area (Å²) in [6.45, 7) is 8.09. The molecule has 2 aromatic carbocycles. The largest absolute Gasteiger partial charge is 0.384 e. The summed E-state index contributed by atoms with van der Waals surface area (Å²) in [5, 5.41) is 10.1. The monoisotopic (exact) mass is 415 g/mol. The van der Waals surface area contributed by atoms with E-state index in [2.05, 4.69) is 12.1 Å². The van der Waals surface area contributed by atoms with E-state index in [-0.39, 0.29) is 17.0 Å². The van der Waals surface area contributed by atoms with Gasteiger partial charge in [0.1, 0.15) is 11.6 Å². The summed E-state index contributed by atoms with van der Waals surface area (Å²) in [5.41, 5.74) is 11.5. The molecule has 31 heavy (non-hydrogen) atoms. The Bertz CT molecular complexity index is 1200. The number of carbonyl (C=O) groups is 1. The van der Waals surface area contributed by atoms with Crippen LogP contribution in [0.1, 0.15) is 49.3 Å². The molecular weight excluding hydrogens is 389 g/mol. The first-order chi connectivity index (χ1) is 14.6. The number of Topliss-reactive ketones (excluding diaryl/α,β-unsaturated/α-hetero) is 1. The van der Waals surface area contributed by atoms with Crippen LogP contribution in [0.2, 0.25) is 0 Å². The number of nitrogens with zero attached hydrogens (tertiary/aromatic N) is 2. The molecule has 0 saturated heterocycles. The molecule has 0 aromatic heterocycles. The van der Waals surface area contributed by atoms with Crippen molar-refractivity contribution < 1.29 is 9.18 Å². The number of ketones is 1. The molecule has 4 rings (SSSR count). The molecule has 1 aliphatic heterocycles. The number of benzene rings is 2. The Morgan fingerprint density at radius 3 is 2.55 bits per heavy atom. The van der Waals surface area contributed by atoms with Gasteiger partial charge in [-0.15, -0.1) is 0 Å². The molecule has 0 bridgehead atoms. The smallest absolute Gasteiger partial charge is 0.162 e. The molecule has 1 heterocycles. The Kier molecular flexibility index (Phi) is 4.97. The molecule has 0 fully saturated rings. The number of carbonyl (C=O) groups excluding carboxylic acids is 1. The summed E-state index contributed by atoms with van der Waals surface area (Å²) in [6, 6.07) is 14.4. The molecule has 158 valence electrons. The fourth-order valence-electron chi connectivity index (χ4n) is 4.88. The van der Waals surface area contributed by atoms with Gasteiger partial charge in [-0.25, -0.2) is 4.39 Å². The predicted octanol–water partition coefficient (Wildman–Crippen LogP) is 5.38. The Balaban J connectivity index is 2.03. The minimum Gasteiger partial charge on any atom is -0.384 e. The SMILES string of the molecule is Cc1ccc(C2C(C#N)=C(N)N(c3cccc(F)c3)C3=C2C(=O)CC(C)(C)C3)c(C)c1. The van der Waals surface area contributed by atoms with Gasteiger partial charge in [-0.3, -0.25) is 9.69 Å². The summed E-state index contributed by atoms with van der Waals surface area (Å²) in [6.07, 6.45) is 0.994. The Labute approximate surface area is 182 Å². The van der Waals surface area contributed by atoms with Crippen LogP contribution in [-0.2, 0) is 4.79 Å². The van der Waals surface area contributed by atoms with Crippen LogP contribution in [0.25, 0.3) is 0 Å². The predicted molar refractivity (Wildman–Crippen MR) is 119 cm³/mol. The second-order valence-corrected chi connectivity index (χ2v) is 9.32. The lowest BCUT2D eigenvalue weighted by Gasteiger charge is -2.44. The number of nitrogens with two attached hydrogens (primary N) is 1. The highest BCUT2D eigenvalue weighted by molar-refractivity contribution is 6.01. The number of halogens is 1. The van der Waals surface area contributed by atoms with Crippen molar-refractivity contribution in [1.29, 1.82) is 5.26 Å². The van der Waals surface area contributed by atoms with Gasteiger partial charge in [0.25, 0.3) is 0 Å². The van der Waals surface area contributed by atoms with Gasteiger partial charge in [0.15, 0.2) is 5.78 Å². The van der Waals surface area contributed by atoms with Crippen molar-refractivity contribution in [2.75, 3.05) is 4.90 Å². The summed E-state index contributed by atoms with van der Waals surface area (Å²) in [7, 11) is 0. The Morgan fingerprint density at radius 2 is 1.90 bits per heavy atom. The van der Waals surface area contributed by atoms with Crippen molar-refractivity contribution in [2.45, 2.75) is 46.5 Å². The van der Waals surface area contributed by atoms with E-state index in [0.717, 1.165) is 22.4 Å². The number of hydrogen-bond acceptors (Lipinski definition) is 4. The lowest BCUT2D eigenvalue weighted by molar-refractivity contribution is -0.118. The van der Waals surface area contributed by atoms with Crippen LogP contribution in [0.4, 0.5) is 10.1 Å². The van der Waals surface area contributed by atoms with E-state index in [1.165, 1.54) is 12.1 Å². The fourth-order valence-corrected chi connectivity index (χ4v) is 4.88. The number of nitriles is 1. The molecule has 2 aliphatic rings. The highest BCUT2D eigenvalue weighted by Crippen LogP contribution is 2.50. The van der Waals surface area contributed by atoms with E-state index in [0.29, 0.717) is 29.7 Å². The molecule has 1 aliphatic carbocycles. The van der Waals surface area contributed by atoms with Gasteiger partial charge < -0.3 is 5.73 Å². The van der Waals surface area contributed by atoms with E-state index in [9.17, 15) is 14.4 Å². The summed E-state index contributed by atoms with van der Waals surface area (Å²) < 4.78 is 14.1. The second kappa shape index (κ2) is 7.39. The van der Waals surface area contributed by atoms with Crippen molar-refractivity contribution in [3.63, 3.8) is 0 Å². The summed E-state index contributed by atoms with van der Waals surface area (Å²) in [4.78, 5) is 15.2. The zero-order chi connectivity index (χ0) is 22.5. The van der Waals surface area contributed by atoms with E-state index in [4.69, 9.17) is 5.73 Å². The van der Waals surface area contributed by atoms with Crippen molar-refractivity contribution in [2.24, 2.45) is 11.1 Å². The normalized spacial score (nSPS) is 20.6. The molecule has 1 atom stereocenters. The quantitative estimate of drug-likeness (QED) is 0.715. The zero-order valence-electron chi connectivity index (χ0n) is 18.3. The van der Waals surface area contributed by atoms with E-state index in [1.807, 2.05) is 39.8 Å². The maximum absolute atomic E-state index is 14.1. The van der Waals surface area contributed by atoms with E-state index >= 15 is 0 Å². The van der Waals surface area contributed by atoms with Gasteiger partial charge in [-0.2, -0.15) is 5.26 Å². The van der Waals surface area contributed by atoms with Gasteiger partial charge in [0.2, 0.25) is 0 Å². The van der Waals surface area contributed by atoms with Crippen molar-refractivity contribution in [1.82, 2.24) is 0 Å². The molecular formula is C26H26FN3O. The fraction of sp³-hybridized carbons (Fsp3) is 0.308. The van der Waals surface area contributed by atoms with Crippen LogP contribution >= 0.6 is 0 Å². The first kappa shape index (κ1) is 20.9. The third-order valence-electron chi connectivity index (χ3n) is 6.18. The van der Waals surface area contributed by atoms with Gasteiger partial charge in [0.05, 0.1) is 23.2 Å². The van der Waals surface area contributed by atoms with Crippen LogP contribution < -0.4 is 10.6 Å². The van der Waals surface area contributed by atoms with Crippen LogP contribution in [-0.4, -0.2) is 5.78 Å². The lowest BCUT2D eigenvalue weighted by atomic mass is 9.68. The van der Waals surface area contributed by atoms with Crippen molar-refractivity contribution in [3.05, 3.63) is 87.6 Å². The number of rotatable bonds is 2. The molecule has 4 nitrogen and oxygen atoms in total. The first-order valence-corrected chi connectivity index (χ1v) is 10.4. The summed E-state index contributed by atoms with van der Waals surface area (Å²) >= 11 is 0. The minimum atomic E-state index is -0.519. The molecule has 0 amide bonds. The average Bonchev–Trinajstić information content (AvgIpc) is 2.66. The molecule has 2 N–H and O–H groups in total. The minimum absolute atomic E-state index is 0.0119. The highest BCUT2D eigenvalue weighted by atomic mass is 19.1. The number of anilines is 1. The third kappa shape index (κ3) is 3.53. The van der Waals surface area contributed by atoms with Crippen molar-refractivity contribution >= 4 is 11.5 Å². The zero-order valence-corrected chi connectivity index (χ0v) is 18.3. The molecule has 0 saturated carbocycles. The maximum Gasteiger partial charge on any atom is 0.162 e. The van der Waals surface area contributed by atoms with Gasteiger partial charge in [-0.05, 0) is 55.0 Å². The van der Waals surface area contributed by atoms with Gasteiger partial charge in [-0.1, -0.05) is 43.7 Å². The van der Waals surface area contributed by atoms with E-state index < -0.39 is 11.7 Å². The second-order valence-electron chi connectivity index (χ2n) is 9.32. The van der Waals surface area contributed by atoms with Crippen LogP contribution in [0.15, 0.2) is 65.1 Å². The topological polar surface area (TPSA) is 70.1 Å².